The summed E-state index contributed by atoms with van der Waals surface area (Å²) in [5.74, 6) is 0.644. The third-order valence-electron chi connectivity index (χ3n) is 4.52. The van der Waals surface area contributed by atoms with Crippen LogP contribution in [0, 0.1) is 11.7 Å². The quantitative estimate of drug-likeness (QED) is 0.702. The molecular weight excluding hydrogens is 359 g/mol. The first-order valence-electron chi connectivity index (χ1n) is 9.01. The first kappa shape index (κ1) is 18.1. The number of rotatable bonds is 5. The SMILES string of the molecule is O=C(Nc1cc(-c2ccnc(Nc3ccc(F)cc3)c2)ccn1)[C@H]1CCOC1. The van der Waals surface area contributed by atoms with Crippen LogP contribution < -0.4 is 10.6 Å². The van der Waals surface area contributed by atoms with Crippen molar-refractivity contribution in [3.63, 3.8) is 0 Å². The zero-order valence-electron chi connectivity index (χ0n) is 15.1. The molecule has 3 heterocycles. The number of nitrogens with zero attached hydrogens (tertiary/aromatic N) is 2. The van der Waals surface area contributed by atoms with Crippen molar-refractivity contribution >= 4 is 23.2 Å². The number of hydrogen-bond donors (Lipinski definition) is 2. The lowest BCUT2D eigenvalue weighted by Crippen LogP contribution is -2.23. The van der Waals surface area contributed by atoms with Crippen molar-refractivity contribution in [2.45, 2.75) is 6.42 Å². The van der Waals surface area contributed by atoms with Gasteiger partial charge in [0.15, 0.2) is 0 Å². The average Bonchev–Trinajstić information content (AvgIpc) is 3.25. The molecule has 1 saturated heterocycles. The maximum atomic E-state index is 13.1. The summed E-state index contributed by atoms with van der Waals surface area (Å²) in [6, 6.07) is 13.5. The average molecular weight is 378 g/mol. The molecule has 4 rings (SSSR count). The topological polar surface area (TPSA) is 76.1 Å². The monoisotopic (exact) mass is 378 g/mol. The molecule has 142 valence electrons. The van der Waals surface area contributed by atoms with Crippen molar-refractivity contribution in [2.24, 2.45) is 5.92 Å². The normalized spacial score (nSPS) is 16.0. The highest BCUT2D eigenvalue weighted by molar-refractivity contribution is 5.92. The van der Waals surface area contributed by atoms with Crippen LogP contribution in [0.25, 0.3) is 11.1 Å². The third kappa shape index (κ3) is 4.32. The molecule has 28 heavy (non-hydrogen) atoms. The number of halogens is 1. The number of amides is 1. The number of anilines is 3. The summed E-state index contributed by atoms with van der Waals surface area (Å²) in [4.78, 5) is 20.8. The molecule has 7 heteroatoms. The second kappa shape index (κ2) is 8.14. The smallest absolute Gasteiger partial charge is 0.231 e. The zero-order chi connectivity index (χ0) is 19.3. The van der Waals surface area contributed by atoms with Crippen LogP contribution in [0.2, 0.25) is 0 Å². The molecule has 1 amide bonds. The number of aromatic nitrogens is 2. The number of benzene rings is 1. The lowest BCUT2D eigenvalue weighted by Gasteiger charge is -2.11. The van der Waals surface area contributed by atoms with Crippen LogP contribution in [-0.4, -0.2) is 29.1 Å². The van der Waals surface area contributed by atoms with E-state index in [0.717, 1.165) is 23.2 Å². The van der Waals surface area contributed by atoms with E-state index < -0.39 is 0 Å². The number of carbonyl (C=O) groups is 1. The van der Waals surface area contributed by atoms with Crippen molar-refractivity contribution in [3.05, 3.63) is 66.7 Å². The van der Waals surface area contributed by atoms with E-state index in [1.165, 1.54) is 12.1 Å². The van der Waals surface area contributed by atoms with Gasteiger partial charge in [0, 0.05) is 24.7 Å². The summed E-state index contributed by atoms with van der Waals surface area (Å²) in [5, 5.41) is 6.01. The Labute approximate surface area is 161 Å². The minimum atomic E-state index is -0.289. The van der Waals surface area contributed by atoms with Crippen LogP contribution in [0.1, 0.15) is 6.42 Å². The van der Waals surface area contributed by atoms with Crippen LogP contribution >= 0.6 is 0 Å². The molecule has 0 saturated carbocycles. The summed E-state index contributed by atoms with van der Waals surface area (Å²) in [5.41, 5.74) is 2.56. The van der Waals surface area contributed by atoms with E-state index in [1.54, 1.807) is 24.5 Å². The molecular formula is C21H19FN4O2. The Hall–Kier alpha value is -3.32. The van der Waals surface area contributed by atoms with Gasteiger partial charge in [-0.1, -0.05) is 0 Å². The number of hydrogen-bond acceptors (Lipinski definition) is 5. The highest BCUT2D eigenvalue weighted by atomic mass is 19.1. The van der Waals surface area contributed by atoms with Gasteiger partial charge in [-0.3, -0.25) is 4.79 Å². The Balaban J connectivity index is 1.50. The van der Waals surface area contributed by atoms with Gasteiger partial charge in [0.25, 0.3) is 0 Å². The third-order valence-corrected chi connectivity index (χ3v) is 4.52. The molecule has 1 atom stereocenters. The second-order valence-electron chi connectivity index (χ2n) is 6.54. The molecule has 0 unspecified atom stereocenters. The van der Waals surface area contributed by atoms with Gasteiger partial charge in [-0.2, -0.15) is 0 Å². The van der Waals surface area contributed by atoms with Crippen LogP contribution in [0.5, 0.6) is 0 Å². The summed E-state index contributed by atoms with van der Waals surface area (Å²) in [6.45, 7) is 1.07. The molecule has 3 aromatic rings. The summed E-state index contributed by atoms with van der Waals surface area (Å²) >= 11 is 0. The Morgan fingerprint density at radius 1 is 1.00 bits per heavy atom. The number of nitrogens with one attached hydrogen (secondary N) is 2. The highest BCUT2D eigenvalue weighted by Gasteiger charge is 2.23. The van der Waals surface area contributed by atoms with Crippen LogP contribution in [0.15, 0.2) is 60.9 Å². The van der Waals surface area contributed by atoms with Gasteiger partial charge < -0.3 is 15.4 Å². The minimum absolute atomic E-state index is 0.0736. The largest absolute Gasteiger partial charge is 0.381 e. The van der Waals surface area contributed by atoms with Gasteiger partial charge in [-0.15, -0.1) is 0 Å². The van der Waals surface area contributed by atoms with Gasteiger partial charge >= 0.3 is 0 Å². The second-order valence-corrected chi connectivity index (χ2v) is 6.54. The maximum absolute atomic E-state index is 13.1. The zero-order valence-corrected chi connectivity index (χ0v) is 15.1. The molecule has 2 aromatic heterocycles. The number of pyridine rings is 2. The van der Waals surface area contributed by atoms with Gasteiger partial charge in [0.1, 0.15) is 17.5 Å². The maximum Gasteiger partial charge on any atom is 0.231 e. The molecule has 1 aliphatic rings. The van der Waals surface area contributed by atoms with Gasteiger partial charge in [0.05, 0.1) is 12.5 Å². The van der Waals surface area contributed by atoms with Crippen molar-refractivity contribution in [1.82, 2.24) is 9.97 Å². The lowest BCUT2D eigenvalue weighted by molar-refractivity contribution is -0.119. The van der Waals surface area contributed by atoms with E-state index >= 15 is 0 Å². The fourth-order valence-corrected chi connectivity index (χ4v) is 3.01. The first-order valence-corrected chi connectivity index (χ1v) is 9.01. The van der Waals surface area contributed by atoms with E-state index in [9.17, 15) is 9.18 Å². The van der Waals surface area contributed by atoms with E-state index in [2.05, 4.69) is 20.6 Å². The van der Waals surface area contributed by atoms with E-state index in [0.29, 0.717) is 24.8 Å². The molecule has 1 fully saturated rings. The Morgan fingerprint density at radius 3 is 2.36 bits per heavy atom. The first-order chi connectivity index (χ1) is 13.7. The van der Waals surface area contributed by atoms with E-state index in [-0.39, 0.29) is 17.6 Å². The standard InChI is InChI=1S/C21H19FN4O2/c22-17-1-3-18(4-2-17)25-19-11-14(5-8-23-19)15-6-9-24-20(12-15)26-21(27)16-7-10-28-13-16/h1-6,8-9,11-12,16H,7,10,13H2,(H,23,25)(H,24,26,27)/t16-/m0/s1. The van der Waals surface area contributed by atoms with Crippen LogP contribution in [0.3, 0.4) is 0 Å². The molecule has 1 aromatic carbocycles. The lowest BCUT2D eigenvalue weighted by atomic mass is 10.1. The molecule has 0 radical (unpaired) electrons. The van der Waals surface area contributed by atoms with Gasteiger partial charge in [-0.05, 0) is 66.1 Å². The van der Waals surface area contributed by atoms with Gasteiger partial charge in [0.2, 0.25) is 5.91 Å². The predicted molar refractivity (Wildman–Crippen MR) is 105 cm³/mol. The van der Waals surface area contributed by atoms with Gasteiger partial charge in [-0.25, -0.2) is 14.4 Å². The summed E-state index contributed by atoms with van der Waals surface area (Å²) in [7, 11) is 0. The molecule has 1 aliphatic heterocycles. The molecule has 2 N–H and O–H groups in total. The van der Waals surface area contributed by atoms with Crippen LogP contribution in [-0.2, 0) is 9.53 Å². The number of carbonyl (C=O) groups excluding carboxylic acids is 1. The van der Waals surface area contributed by atoms with Crippen LogP contribution in [0.4, 0.5) is 21.7 Å². The molecule has 0 bridgehead atoms. The Morgan fingerprint density at radius 2 is 1.68 bits per heavy atom. The molecule has 0 aliphatic carbocycles. The summed E-state index contributed by atoms with van der Waals surface area (Å²) in [6.07, 6.45) is 4.08. The highest BCUT2D eigenvalue weighted by Crippen LogP contribution is 2.25. The van der Waals surface area contributed by atoms with Crippen molar-refractivity contribution in [3.8, 4) is 11.1 Å². The predicted octanol–water partition coefficient (Wildman–Crippen LogP) is 4.00. The molecule has 6 nitrogen and oxygen atoms in total. The minimum Gasteiger partial charge on any atom is -0.381 e. The van der Waals surface area contributed by atoms with Crippen molar-refractivity contribution in [1.29, 1.82) is 0 Å². The number of ether oxygens (including phenoxy) is 1. The van der Waals surface area contributed by atoms with E-state index in [1.807, 2.05) is 24.3 Å². The summed E-state index contributed by atoms with van der Waals surface area (Å²) < 4.78 is 18.3. The van der Waals surface area contributed by atoms with E-state index in [4.69, 9.17) is 4.74 Å². The van der Waals surface area contributed by atoms with Crippen molar-refractivity contribution < 1.29 is 13.9 Å². The fourth-order valence-electron chi connectivity index (χ4n) is 3.01. The fraction of sp³-hybridized carbons (Fsp3) is 0.190. The Kier molecular flexibility index (Phi) is 5.25. The molecule has 0 spiro atoms. The van der Waals surface area contributed by atoms with Crippen molar-refractivity contribution in [2.75, 3.05) is 23.8 Å². The Bertz CT molecular complexity index is 972.